The molecular formula is C11H23N. The molecule has 0 rings (SSSR count). The van der Waals surface area contributed by atoms with Crippen LogP contribution in [-0.4, -0.2) is 25.5 Å². The molecular weight excluding hydrogens is 146 g/mol. The number of hydrogen-bond acceptors (Lipinski definition) is 1. The van der Waals surface area contributed by atoms with Crippen molar-refractivity contribution in [1.29, 1.82) is 0 Å². The van der Waals surface area contributed by atoms with Crippen LogP contribution in [0, 0.1) is 0 Å². The quantitative estimate of drug-likeness (QED) is 0.552. The van der Waals surface area contributed by atoms with Gasteiger partial charge >= 0.3 is 0 Å². The van der Waals surface area contributed by atoms with Crippen LogP contribution in [0.25, 0.3) is 0 Å². The first-order valence-corrected chi connectivity index (χ1v) is 5.03. The third-order valence-corrected chi connectivity index (χ3v) is 1.94. The predicted octanol–water partition coefficient (Wildman–Crippen LogP) is 3.07. The molecule has 0 aliphatic carbocycles. The Morgan fingerprint density at radius 1 is 1.17 bits per heavy atom. The van der Waals surface area contributed by atoms with Crippen molar-refractivity contribution in [1.82, 2.24) is 4.90 Å². The molecule has 0 N–H and O–H groups in total. The zero-order valence-corrected chi connectivity index (χ0v) is 9.06. The molecule has 0 atom stereocenters. The van der Waals surface area contributed by atoms with Crippen LogP contribution < -0.4 is 0 Å². The minimum atomic E-state index is 1.18. The molecule has 0 aromatic rings. The van der Waals surface area contributed by atoms with Crippen molar-refractivity contribution in [3.63, 3.8) is 0 Å². The van der Waals surface area contributed by atoms with E-state index in [1.807, 2.05) is 0 Å². The third-order valence-electron chi connectivity index (χ3n) is 1.94. The lowest BCUT2D eigenvalue weighted by atomic mass is 10.1. The van der Waals surface area contributed by atoms with Gasteiger partial charge in [0.15, 0.2) is 0 Å². The first-order valence-electron chi connectivity index (χ1n) is 5.03. The lowest BCUT2D eigenvalue weighted by molar-refractivity contribution is 0.410. The van der Waals surface area contributed by atoms with Gasteiger partial charge in [0, 0.05) is 6.54 Å². The summed E-state index contributed by atoms with van der Waals surface area (Å²) < 4.78 is 0. The van der Waals surface area contributed by atoms with Crippen molar-refractivity contribution in [2.45, 2.75) is 39.5 Å². The van der Waals surface area contributed by atoms with Crippen molar-refractivity contribution in [2.24, 2.45) is 0 Å². The van der Waals surface area contributed by atoms with Crippen LogP contribution in [0.5, 0.6) is 0 Å². The van der Waals surface area contributed by atoms with Gasteiger partial charge in [-0.1, -0.05) is 31.9 Å². The summed E-state index contributed by atoms with van der Waals surface area (Å²) >= 11 is 0. The Morgan fingerprint density at radius 3 is 2.25 bits per heavy atom. The van der Waals surface area contributed by atoms with Crippen LogP contribution in [0.1, 0.15) is 39.5 Å². The molecule has 0 heterocycles. The Labute approximate surface area is 77.5 Å². The van der Waals surface area contributed by atoms with Gasteiger partial charge in [-0.2, -0.15) is 0 Å². The SMILES string of the molecule is CC/C=C(/CCC)CCN(C)C. The largest absolute Gasteiger partial charge is 0.309 e. The fraction of sp³-hybridized carbons (Fsp3) is 0.818. The summed E-state index contributed by atoms with van der Waals surface area (Å²) in [4.78, 5) is 2.25. The van der Waals surface area contributed by atoms with E-state index < -0.39 is 0 Å². The first-order chi connectivity index (χ1) is 5.70. The van der Waals surface area contributed by atoms with Crippen LogP contribution in [0.4, 0.5) is 0 Å². The van der Waals surface area contributed by atoms with Crippen LogP contribution in [0.15, 0.2) is 11.6 Å². The Balaban J connectivity index is 3.71. The maximum Gasteiger partial charge on any atom is 0.00125 e. The molecule has 0 spiro atoms. The van der Waals surface area contributed by atoms with E-state index in [0.29, 0.717) is 0 Å². The van der Waals surface area contributed by atoms with E-state index in [4.69, 9.17) is 0 Å². The Kier molecular flexibility index (Phi) is 7.17. The molecule has 1 nitrogen and oxygen atoms in total. The second-order valence-corrected chi connectivity index (χ2v) is 3.57. The van der Waals surface area contributed by atoms with Crippen molar-refractivity contribution < 1.29 is 0 Å². The maximum absolute atomic E-state index is 2.38. The van der Waals surface area contributed by atoms with Gasteiger partial charge in [-0.05, 0) is 33.4 Å². The number of nitrogens with zero attached hydrogens (tertiary/aromatic N) is 1. The van der Waals surface area contributed by atoms with E-state index in [2.05, 4.69) is 38.9 Å². The second kappa shape index (κ2) is 7.35. The molecule has 0 bridgehead atoms. The zero-order chi connectivity index (χ0) is 9.40. The summed E-state index contributed by atoms with van der Waals surface area (Å²) in [6.07, 6.45) is 7.37. The standard InChI is InChI=1S/C11H23N/c1-5-7-11(8-6-2)9-10-12(3)4/h7H,5-6,8-10H2,1-4H3/b11-7-. The lowest BCUT2D eigenvalue weighted by Crippen LogP contribution is -2.13. The van der Waals surface area contributed by atoms with Crippen molar-refractivity contribution in [2.75, 3.05) is 20.6 Å². The van der Waals surface area contributed by atoms with Crippen molar-refractivity contribution in [3.05, 3.63) is 11.6 Å². The second-order valence-electron chi connectivity index (χ2n) is 3.57. The predicted molar refractivity (Wildman–Crippen MR) is 56.5 cm³/mol. The summed E-state index contributed by atoms with van der Waals surface area (Å²) in [5.41, 5.74) is 1.63. The van der Waals surface area contributed by atoms with E-state index >= 15 is 0 Å². The Morgan fingerprint density at radius 2 is 1.83 bits per heavy atom. The van der Waals surface area contributed by atoms with Gasteiger partial charge in [-0.25, -0.2) is 0 Å². The van der Waals surface area contributed by atoms with E-state index in [1.165, 1.54) is 32.2 Å². The maximum atomic E-state index is 2.38. The molecule has 0 unspecified atom stereocenters. The van der Waals surface area contributed by atoms with Gasteiger partial charge in [0.1, 0.15) is 0 Å². The summed E-state index contributed by atoms with van der Waals surface area (Å²) in [7, 11) is 4.27. The minimum Gasteiger partial charge on any atom is -0.309 e. The lowest BCUT2D eigenvalue weighted by Gasteiger charge is -2.11. The highest BCUT2D eigenvalue weighted by molar-refractivity contribution is 5.01. The van der Waals surface area contributed by atoms with Gasteiger partial charge in [-0.3, -0.25) is 0 Å². The van der Waals surface area contributed by atoms with E-state index in [-0.39, 0.29) is 0 Å². The fourth-order valence-corrected chi connectivity index (χ4v) is 1.31. The van der Waals surface area contributed by atoms with E-state index in [1.54, 1.807) is 5.57 Å². The number of allylic oxidation sites excluding steroid dienone is 1. The molecule has 12 heavy (non-hydrogen) atoms. The number of rotatable bonds is 6. The normalized spacial score (nSPS) is 12.6. The van der Waals surface area contributed by atoms with Gasteiger partial charge < -0.3 is 4.90 Å². The van der Waals surface area contributed by atoms with Crippen LogP contribution in [0.3, 0.4) is 0 Å². The van der Waals surface area contributed by atoms with Crippen LogP contribution in [0.2, 0.25) is 0 Å². The van der Waals surface area contributed by atoms with Crippen molar-refractivity contribution in [3.8, 4) is 0 Å². The van der Waals surface area contributed by atoms with Crippen LogP contribution in [-0.2, 0) is 0 Å². The average molecular weight is 169 g/mol. The summed E-state index contributed by atoms with van der Waals surface area (Å²) in [5, 5.41) is 0. The van der Waals surface area contributed by atoms with Crippen molar-refractivity contribution >= 4 is 0 Å². The highest BCUT2D eigenvalue weighted by atomic mass is 15.0. The third kappa shape index (κ3) is 6.41. The Bertz CT molecular complexity index is 125. The molecule has 0 aliphatic rings. The van der Waals surface area contributed by atoms with Gasteiger partial charge in [0.05, 0.1) is 0 Å². The molecule has 0 fully saturated rings. The molecule has 0 aliphatic heterocycles. The van der Waals surface area contributed by atoms with Crippen LogP contribution >= 0.6 is 0 Å². The fourth-order valence-electron chi connectivity index (χ4n) is 1.31. The Hall–Kier alpha value is -0.300. The molecule has 0 radical (unpaired) electrons. The van der Waals surface area contributed by atoms with Gasteiger partial charge in [0.25, 0.3) is 0 Å². The topological polar surface area (TPSA) is 3.24 Å². The molecule has 0 saturated carbocycles. The molecule has 0 aromatic heterocycles. The molecule has 0 saturated heterocycles. The summed E-state index contributed by atoms with van der Waals surface area (Å²) in [6.45, 7) is 5.65. The molecule has 0 amide bonds. The first kappa shape index (κ1) is 11.7. The van der Waals surface area contributed by atoms with E-state index in [9.17, 15) is 0 Å². The smallest absolute Gasteiger partial charge is 0.00125 e. The molecule has 72 valence electrons. The zero-order valence-electron chi connectivity index (χ0n) is 9.06. The van der Waals surface area contributed by atoms with Gasteiger partial charge in [0.2, 0.25) is 0 Å². The van der Waals surface area contributed by atoms with Gasteiger partial charge in [-0.15, -0.1) is 0 Å². The van der Waals surface area contributed by atoms with E-state index in [0.717, 1.165) is 0 Å². The highest BCUT2D eigenvalue weighted by Crippen LogP contribution is 2.10. The molecule has 1 heteroatoms. The highest BCUT2D eigenvalue weighted by Gasteiger charge is 1.96. The number of hydrogen-bond donors (Lipinski definition) is 0. The minimum absolute atomic E-state index is 1.18. The monoisotopic (exact) mass is 169 g/mol. The molecule has 0 aromatic carbocycles. The summed E-state index contributed by atoms with van der Waals surface area (Å²) in [5.74, 6) is 0. The average Bonchev–Trinajstić information content (AvgIpc) is 2.01. The summed E-state index contributed by atoms with van der Waals surface area (Å²) in [6, 6.07) is 0.